The van der Waals surface area contributed by atoms with Gasteiger partial charge in [0.15, 0.2) is 0 Å². The summed E-state index contributed by atoms with van der Waals surface area (Å²) in [5.74, 6) is 5.24. The first kappa shape index (κ1) is 24.4. The Morgan fingerprint density at radius 3 is 2.03 bits per heavy atom. The largest absolute Gasteiger partial charge is 0.303 e. The van der Waals surface area contributed by atoms with Crippen LogP contribution >= 0.6 is 0 Å². The van der Waals surface area contributed by atoms with E-state index in [1.807, 2.05) is 0 Å². The van der Waals surface area contributed by atoms with Gasteiger partial charge in [-0.15, -0.1) is 0 Å². The van der Waals surface area contributed by atoms with E-state index in [-0.39, 0.29) is 0 Å². The van der Waals surface area contributed by atoms with Gasteiger partial charge in [-0.3, -0.25) is 0 Å². The lowest BCUT2D eigenvalue weighted by Gasteiger charge is -2.73. The summed E-state index contributed by atoms with van der Waals surface area (Å²) in [5, 5.41) is 0. The molecule has 0 N–H and O–H groups in total. The van der Waals surface area contributed by atoms with Gasteiger partial charge in [-0.05, 0) is 133 Å². The number of carbonyl (C=O) groups excluding carboxylic acids is 1. The van der Waals surface area contributed by atoms with Gasteiger partial charge >= 0.3 is 0 Å². The highest BCUT2D eigenvalue weighted by atomic mass is 16.1. The van der Waals surface area contributed by atoms with Gasteiger partial charge in [-0.1, -0.05) is 54.9 Å². The van der Waals surface area contributed by atoms with Gasteiger partial charge in [0.2, 0.25) is 0 Å². The van der Waals surface area contributed by atoms with Crippen LogP contribution < -0.4 is 0 Å². The minimum atomic E-state index is 0.512. The maximum Gasteiger partial charge on any atom is 0.120 e. The molecule has 5 fully saturated rings. The van der Waals surface area contributed by atoms with Crippen LogP contribution in [0.1, 0.15) is 132 Å². The molecule has 33 heavy (non-hydrogen) atoms. The number of carbonyl (C=O) groups is 1. The zero-order chi connectivity index (χ0) is 23.9. The van der Waals surface area contributed by atoms with Crippen molar-refractivity contribution in [1.82, 2.24) is 0 Å². The molecular weight excluding hydrogens is 400 g/mol. The number of hydrogen-bond acceptors (Lipinski definition) is 1. The Labute approximate surface area is 205 Å². The molecule has 5 aliphatic carbocycles. The summed E-state index contributed by atoms with van der Waals surface area (Å²) in [6.07, 6.45) is 19.1. The molecular formula is C32H54O. The van der Waals surface area contributed by atoms with E-state index in [0.717, 1.165) is 54.6 Å². The molecule has 0 aromatic heterocycles. The molecule has 0 unspecified atom stereocenters. The molecule has 0 radical (unpaired) electrons. The summed E-state index contributed by atoms with van der Waals surface area (Å²) in [7, 11) is 0. The number of hydrogen-bond donors (Lipinski definition) is 0. The Kier molecular flexibility index (Phi) is 5.78. The second-order valence-electron chi connectivity index (χ2n) is 15.5. The van der Waals surface area contributed by atoms with Crippen LogP contribution in [-0.4, -0.2) is 6.29 Å². The Balaban J connectivity index is 1.45. The molecule has 0 heterocycles. The van der Waals surface area contributed by atoms with Gasteiger partial charge in [0, 0.05) is 6.42 Å². The fourth-order valence-electron chi connectivity index (χ4n) is 12.6. The van der Waals surface area contributed by atoms with Crippen LogP contribution in [0.25, 0.3) is 0 Å². The smallest absolute Gasteiger partial charge is 0.120 e. The predicted octanol–water partition coefficient (Wildman–Crippen LogP) is 9.09. The molecule has 1 heteroatoms. The van der Waals surface area contributed by atoms with Crippen LogP contribution in [0.5, 0.6) is 0 Å². The van der Waals surface area contributed by atoms with E-state index in [9.17, 15) is 4.79 Å². The fraction of sp³-hybridized carbons (Fsp3) is 0.969. The molecule has 10 atom stereocenters. The SMILES string of the molecule is C[C@H](CCC=O)[C@H]1CC[C@]2(C)[C@H]3CC[C@@H]4[C@@]5(C)CCCC(C)(C)[C@@H]5CC[C@@]4(C)[C@]3(C)CC[C@@H]12. The zero-order valence-electron chi connectivity index (χ0n) is 23.1. The molecule has 0 bridgehead atoms. The van der Waals surface area contributed by atoms with Gasteiger partial charge in [0.1, 0.15) is 6.29 Å². The lowest BCUT2D eigenvalue weighted by molar-refractivity contribution is -0.241. The maximum absolute atomic E-state index is 11.0. The first-order valence-corrected chi connectivity index (χ1v) is 14.9. The molecule has 0 spiro atoms. The van der Waals surface area contributed by atoms with Crippen molar-refractivity contribution in [2.24, 2.45) is 62.6 Å². The van der Waals surface area contributed by atoms with Crippen LogP contribution in [0.2, 0.25) is 0 Å². The predicted molar refractivity (Wildman–Crippen MR) is 139 cm³/mol. The minimum Gasteiger partial charge on any atom is -0.303 e. The number of aldehydes is 1. The molecule has 5 aliphatic rings. The normalized spacial score (nSPS) is 53.8. The second-order valence-corrected chi connectivity index (χ2v) is 15.5. The van der Waals surface area contributed by atoms with Crippen molar-refractivity contribution in [2.75, 3.05) is 0 Å². The van der Waals surface area contributed by atoms with Gasteiger partial charge in [0.05, 0.1) is 0 Å². The van der Waals surface area contributed by atoms with Crippen molar-refractivity contribution in [3.63, 3.8) is 0 Å². The summed E-state index contributed by atoms with van der Waals surface area (Å²) < 4.78 is 0. The van der Waals surface area contributed by atoms with E-state index in [2.05, 4.69) is 48.5 Å². The van der Waals surface area contributed by atoms with Crippen LogP contribution in [0.15, 0.2) is 0 Å². The van der Waals surface area contributed by atoms with Crippen molar-refractivity contribution in [3.8, 4) is 0 Å². The number of fused-ring (bicyclic) bond motifs is 7. The van der Waals surface area contributed by atoms with Crippen molar-refractivity contribution < 1.29 is 4.79 Å². The third kappa shape index (κ3) is 3.18. The zero-order valence-corrected chi connectivity index (χ0v) is 23.1. The van der Waals surface area contributed by atoms with E-state index in [4.69, 9.17) is 0 Å². The van der Waals surface area contributed by atoms with Gasteiger partial charge in [-0.2, -0.15) is 0 Å². The standard InChI is InChI=1S/C32H54O/c1-22(10-8-21-33)23-13-18-29(4)24(23)14-19-31(6)26(29)11-12-27-30(5)17-9-16-28(2,3)25(30)15-20-32(27,31)7/h21-27H,8-20H2,1-7H3/t22-,23-,24+,25+,26-,27-,29+,30+,31-,32-/m1/s1. The average molecular weight is 455 g/mol. The van der Waals surface area contributed by atoms with E-state index in [0.29, 0.717) is 27.1 Å². The lowest BCUT2D eigenvalue weighted by atomic mass is 9.32. The van der Waals surface area contributed by atoms with Gasteiger partial charge in [0.25, 0.3) is 0 Å². The fourth-order valence-corrected chi connectivity index (χ4v) is 12.6. The van der Waals surface area contributed by atoms with Crippen molar-refractivity contribution >= 4 is 6.29 Å². The maximum atomic E-state index is 11.0. The van der Waals surface area contributed by atoms with Crippen LogP contribution in [-0.2, 0) is 4.79 Å². The van der Waals surface area contributed by atoms with E-state index in [1.54, 1.807) is 0 Å². The second kappa shape index (κ2) is 7.83. The topological polar surface area (TPSA) is 17.1 Å². The van der Waals surface area contributed by atoms with Crippen molar-refractivity contribution in [1.29, 1.82) is 0 Å². The molecule has 0 aliphatic heterocycles. The third-order valence-corrected chi connectivity index (χ3v) is 14.2. The Morgan fingerprint density at radius 1 is 0.727 bits per heavy atom. The quantitative estimate of drug-likeness (QED) is 0.387. The summed E-state index contributed by atoms with van der Waals surface area (Å²) in [5.41, 5.74) is 2.65. The molecule has 0 aromatic rings. The molecule has 1 nitrogen and oxygen atoms in total. The average Bonchev–Trinajstić information content (AvgIpc) is 3.09. The Bertz CT molecular complexity index is 768. The summed E-state index contributed by atoms with van der Waals surface area (Å²) in [6.45, 7) is 18.7. The highest BCUT2D eigenvalue weighted by Crippen LogP contribution is 2.78. The highest BCUT2D eigenvalue weighted by Gasteiger charge is 2.70. The summed E-state index contributed by atoms with van der Waals surface area (Å²) in [4.78, 5) is 11.0. The van der Waals surface area contributed by atoms with Gasteiger partial charge in [-0.25, -0.2) is 0 Å². The molecule has 5 rings (SSSR count). The number of rotatable bonds is 4. The lowest BCUT2D eigenvalue weighted by Crippen LogP contribution is -2.65. The molecule has 0 amide bonds. The van der Waals surface area contributed by atoms with E-state index in [1.165, 1.54) is 70.6 Å². The molecule has 188 valence electrons. The van der Waals surface area contributed by atoms with Crippen LogP contribution in [0, 0.1) is 62.6 Å². The highest BCUT2D eigenvalue weighted by molar-refractivity contribution is 5.49. The molecule has 5 saturated carbocycles. The van der Waals surface area contributed by atoms with Crippen LogP contribution in [0.3, 0.4) is 0 Å². The first-order valence-electron chi connectivity index (χ1n) is 14.9. The summed E-state index contributed by atoms with van der Waals surface area (Å²) in [6, 6.07) is 0. The Morgan fingerprint density at radius 2 is 1.36 bits per heavy atom. The van der Waals surface area contributed by atoms with E-state index < -0.39 is 0 Å². The third-order valence-electron chi connectivity index (χ3n) is 14.2. The van der Waals surface area contributed by atoms with Crippen molar-refractivity contribution in [2.45, 2.75) is 132 Å². The summed E-state index contributed by atoms with van der Waals surface area (Å²) >= 11 is 0. The monoisotopic (exact) mass is 454 g/mol. The van der Waals surface area contributed by atoms with Gasteiger partial charge < -0.3 is 4.79 Å². The Hall–Kier alpha value is -0.330. The minimum absolute atomic E-state index is 0.512. The van der Waals surface area contributed by atoms with Crippen LogP contribution in [0.4, 0.5) is 0 Å². The van der Waals surface area contributed by atoms with Crippen molar-refractivity contribution in [3.05, 3.63) is 0 Å². The van der Waals surface area contributed by atoms with E-state index >= 15 is 0 Å². The molecule has 0 saturated heterocycles. The molecule has 0 aromatic carbocycles. The first-order chi connectivity index (χ1) is 15.4.